The zero-order chi connectivity index (χ0) is 14.9. The van der Waals surface area contributed by atoms with Gasteiger partial charge in [-0.3, -0.25) is 4.79 Å². The molecule has 2 aliphatic rings. The van der Waals surface area contributed by atoms with E-state index in [1.807, 2.05) is 23.6 Å². The van der Waals surface area contributed by atoms with Gasteiger partial charge >= 0.3 is 0 Å². The SMILES string of the molecule is O=C(C=C(C1CC1)C1CC1)NCc1coc(-c2cccs2)n1. The molecule has 114 valence electrons. The zero-order valence-electron chi connectivity index (χ0n) is 12.2. The first-order valence-electron chi connectivity index (χ1n) is 7.77. The van der Waals surface area contributed by atoms with Crippen LogP contribution in [0.1, 0.15) is 31.4 Å². The first-order chi connectivity index (χ1) is 10.8. The molecule has 0 aromatic carbocycles. The molecule has 2 aromatic rings. The molecule has 2 heterocycles. The molecule has 5 heteroatoms. The average molecular weight is 314 g/mol. The summed E-state index contributed by atoms with van der Waals surface area (Å²) in [6.45, 7) is 0.410. The van der Waals surface area contributed by atoms with E-state index in [9.17, 15) is 4.79 Å². The minimum absolute atomic E-state index is 0.00512. The van der Waals surface area contributed by atoms with Crippen molar-refractivity contribution in [2.75, 3.05) is 0 Å². The summed E-state index contributed by atoms with van der Waals surface area (Å²) in [5.41, 5.74) is 2.13. The number of aromatic nitrogens is 1. The van der Waals surface area contributed by atoms with E-state index < -0.39 is 0 Å². The number of thiophene rings is 1. The van der Waals surface area contributed by atoms with Crippen LogP contribution in [0, 0.1) is 11.8 Å². The second-order valence-corrected chi connectivity index (χ2v) is 6.98. The van der Waals surface area contributed by atoms with Crippen LogP contribution in [0.15, 0.2) is 39.8 Å². The Morgan fingerprint density at radius 3 is 2.77 bits per heavy atom. The van der Waals surface area contributed by atoms with Gasteiger partial charge in [-0.05, 0) is 49.0 Å². The molecule has 2 aromatic heterocycles. The lowest BCUT2D eigenvalue weighted by Gasteiger charge is -2.04. The number of amides is 1. The van der Waals surface area contributed by atoms with Crippen LogP contribution < -0.4 is 5.32 Å². The average Bonchev–Trinajstić information content (AvgIpc) is 3.43. The third-order valence-electron chi connectivity index (χ3n) is 4.12. The highest BCUT2D eigenvalue weighted by Gasteiger charge is 2.36. The maximum atomic E-state index is 12.1. The number of nitrogens with one attached hydrogen (secondary N) is 1. The van der Waals surface area contributed by atoms with Gasteiger partial charge in [-0.15, -0.1) is 11.3 Å². The van der Waals surface area contributed by atoms with Crippen molar-refractivity contribution < 1.29 is 9.21 Å². The summed E-state index contributed by atoms with van der Waals surface area (Å²) in [5.74, 6) is 1.97. The highest BCUT2D eigenvalue weighted by Crippen LogP contribution is 2.48. The highest BCUT2D eigenvalue weighted by atomic mass is 32.1. The predicted molar refractivity (Wildman–Crippen MR) is 85.2 cm³/mol. The zero-order valence-corrected chi connectivity index (χ0v) is 13.1. The monoisotopic (exact) mass is 314 g/mol. The third kappa shape index (κ3) is 3.14. The maximum absolute atomic E-state index is 12.1. The molecule has 0 aliphatic heterocycles. The van der Waals surface area contributed by atoms with Gasteiger partial charge in [0.05, 0.1) is 17.1 Å². The van der Waals surface area contributed by atoms with Gasteiger partial charge in [0.25, 0.3) is 0 Å². The highest BCUT2D eigenvalue weighted by molar-refractivity contribution is 7.13. The lowest BCUT2D eigenvalue weighted by Crippen LogP contribution is -2.21. The van der Waals surface area contributed by atoms with Crippen molar-refractivity contribution in [3.8, 4) is 10.8 Å². The Balaban J connectivity index is 1.36. The molecule has 0 saturated heterocycles. The summed E-state index contributed by atoms with van der Waals surface area (Å²) in [4.78, 5) is 17.5. The van der Waals surface area contributed by atoms with Crippen molar-refractivity contribution in [3.63, 3.8) is 0 Å². The maximum Gasteiger partial charge on any atom is 0.244 e. The number of carbonyl (C=O) groups is 1. The van der Waals surface area contributed by atoms with Crippen LogP contribution >= 0.6 is 11.3 Å². The molecule has 0 radical (unpaired) electrons. The van der Waals surface area contributed by atoms with E-state index in [4.69, 9.17) is 4.42 Å². The third-order valence-corrected chi connectivity index (χ3v) is 4.98. The Morgan fingerprint density at radius 2 is 2.14 bits per heavy atom. The fourth-order valence-electron chi connectivity index (χ4n) is 2.68. The van der Waals surface area contributed by atoms with Gasteiger partial charge in [-0.2, -0.15) is 0 Å². The van der Waals surface area contributed by atoms with E-state index in [2.05, 4.69) is 10.3 Å². The van der Waals surface area contributed by atoms with Crippen molar-refractivity contribution in [2.45, 2.75) is 32.2 Å². The van der Waals surface area contributed by atoms with Gasteiger partial charge in [-0.25, -0.2) is 4.98 Å². The molecule has 1 N–H and O–H groups in total. The van der Waals surface area contributed by atoms with Crippen molar-refractivity contribution in [2.24, 2.45) is 11.8 Å². The fraction of sp³-hybridized carbons (Fsp3) is 0.412. The number of allylic oxidation sites excluding steroid dienone is 1. The number of hydrogen-bond donors (Lipinski definition) is 1. The number of rotatable bonds is 6. The fourth-order valence-corrected chi connectivity index (χ4v) is 3.34. The summed E-state index contributed by atoms with van der Waals surface area (Å²) in [6.07, 6.45) is 8.45. The Bertz CT molecular complexity index is 680. The minimum Gasteiger partial charge on any atom is -0.443 e. The standard InChI is InChI=1S/C17H18N2O2S/c20-16(8-14(11-3-4-11)12-5-6-12)18-9-13-10-21-17(19-13)15-2-1-7-22-15/h1-2,7-8,10-12H,3-6,9H2,(H,18,20). The molecule has 22 heavy (non-hydrogen) atoms. The first-order valence-corrected chi connectivity index (χ1v) is 8.65. The molecule has 4 rings (SSSR count). The minimum atomic E-state index is -0.00512. The van der Waals surface area contributed by atoms with E-state index >= 15 is 0 Å². The lowest BCUT2D eigenvalue weighted by atomic mass is 10.1. The Hall–Kier alpha value is -1.88. The molecule has 2 saturated carbocycles. The Morgan fingerprint density at radius 1 is 1.36 bits per heavy atom. The Kier molecular flexibility index (Phi) is 3.58. The number of hydrogen-bond acceptors (Lipinski definition) is 4. The summed E-state index contributed by atoms with van der Waals surface area (Å²) >= 11 is 1.59. The molecule has 2 aliphatic carbocycles. The molecule has 1 amide bonds. The Labute approximate surface area is 133 Å². The van der Waals surface area contributed by atoms with Gasteiger partial charge in [0.1, 0.15) is 6.26 Å². The lowest BCUT2D eigenvalue weighted by molar-refractivity contribution is -0.116. The summed E-state index contributed by atoms with van der Waals surface area (Å²) in [7, 11) is 0. The molecule has 0 bridgehead atoms. The molecule has 2 fully saturated rings. The summed E-state index contributed by atoms with van der Waals surface area (Å²) in [5, 5.41) is 4.91. The number of oxazole rings is 1. The van der Waals surface area contributed by atoms with Crippen LogP contribution in [0.3, 0.4) is 0 Å². The van der Waals surface area contributed by atoms with Crippen molar-refractivity contribution in [1.82, 2.24) is 10.3 Å². The van der Waals surface area contributed by atoms with E-state index in [0.717, 1.165) is 10.6 Å². The second-order valence-electron chi connectivity index (χ2n) is 6.03. The normalized spacial score (nSPS) is 17.3. The van der Waals surface area contributed by atoms with E-state index in [-0.39, 0.29) is 5.91 Å². The quantitative estimate of drug-likeness (QED) is 0.826. The van der Waals surface area contributed by atoms with Crippen LogP contribution in [0.2, 0.25) is 0 Å². The molecular weight excluding hydrogens is 296 g/mol. The van der Waals surface area contributed by atoms with Gasteiger partial charge < -0.3 is 9.73 Å². The number of nitrogens with zero attached hydrogens (tertiary/aromatic N) is 1. The van der Waals surface area contributed by atoms with Crippen molar-refractivity contribution >= 4 is 17.2 Å². The van der Waals surface area contributed by atoms with Crippen LogP contribution in [-0.4, -0.2) is 10.9 Å². The van der Waals surface area contributed by atoms with Gasteiger partial charge in [0.2, 0.25) is 11.8 Å². The van der Waals surface area contributed by atoms with Gasteiger partial charge in [0, 0.05) is 6.08 Å². The summed E-state index contributed by atoms with van der Waals surface area (Å²) < 4.78 is 5.45. The van der Waals surface area contributed by atoms with E-state index in [0.29, 0.717) is 24.3 Å². The largest absolute Gasteiger partial charge is 0.443 e. The smallest absolute Gasteiger partial charge is 0.244 e. The van der Waals surface area contributed by atoms with E-state index in [1.54, 1.807) is 17.6 Å². The van der Waals surface area contributed by atoms with E-state index in [1.165, 1.54) is 31.3 Å². The van der Waals surface area contributed by atoms with Crippen molar-refractivity contribution in [1.29, 1.82) is 0 Å². The van der Waals surface area contributed by atoms with Crippen LogP contribution in [0.4, 0.5) is 0 Å². The van der Waals surface area contributed by atoms with Crippen LogP contribution in [-0.2, 0) is 11.3 Å². The molecular formula is C17H18N2O2S. The molecule has 4 nitrogen and oxygen atoms in total. The van der Waals surface area contributed by atoms with Crippen LogP contribution in [0.5, 0.6) is 0 Å². The van der Waals surface area contributed by atoms with Gasteiger partial charge in [-0.1, -0.05) is 11.6 Å². The van der Waals surface area contributed by atoms with Gasteiger partial charge in [0.15, 0.2) is 0 Å². The first kappa shape index (κ1) is 13.8. The topological polar surface area (TPSA) is 55.1 Å². The molecule has 0 unspecified atom stereocenters. The molecule has 0 atom stereocenters. The summed E-state index contributed by atoms with van der Waals surface area (Å²) in [6, 6.07) is 3.94. The second kappa shape index (κ2) is 5.72. The predicted octanol–water partition coefficient (Wildman–Crippen LogP) is 3.77. The number of carbonyl (C=O) groups excluding carboxylic acids is 1. The molecule has 0 spiro atoms. The van der Waals surface area contributed by atoms with Crippen LogP contribution in [0.25, 0.3) is 10.8 Å². The van der Waals surface area contributed by atoms with Crippen molar-refractivity contribution in [3.05, 3.63) is 41.1 Å².